The highest BCUT2D eigenvalue weighted by atomic mass is 32.1. The van der Waals surface area contributed by atoms with Crippen molar-refractivity contribution in [2.75, 3.05) is 12.4 Å². The molecule has 0 saturated carbocycles. The molecule has 1 aliphatic heterocycles. The van der Waals surface area contributed by atoms with Gasteiger partial charge in [0.2, 0.25) is 0 Å². The molecular formula is C29H23F2N3O4S. The number of carbonyl (C=O) groups is 1. The summed E-state index contributed by atoms with van der Waals surface area (Å²) in [6, 6.07) is 21.5. The van der Waals surface area contributed by atoms with Crippen molar-refractivity contribution in [1.82, 2.24) is 4.57 Å². The molecular weight excluding hydrogens is 524 g/mol. The average molecular weight is 548 g/mol. The molecule has 0 fully saturated rings. The minimum absolute atomic E-state index is 0.0197. The number of benzene rings is 3. The molecule has 5 rings (SSSR count). The molecule has 10 heteroatoms. The molecule has 1 amide bonds. The number of nitrogens with one attached hydrogen (secondary N) is 1. The monoisotopic (exact) mass is 547 g/mol. The third-order valence-electron chi connectivity index (χ3n) is 6.11. The quantitative estimate of drug-likeness (QED) is 0.370. The Balaban J connectivity index is 1.62. The normalized spacial score (nSPS) is 15.1. The lowest BCUT2D eigenvalue weighted by molar-refractivity contribution is -0.113. The molecule has 1 aliphatic rings. The summed E-state index contributed by atoms with van der Waals surface area (Å²) in [6.45, 7) is -1.18. The maximum Gasteiger partial charge on any atom is 0.387 e. The number of halogens is 2. The van der Waals surface area contributed by atoms with Gasteiger partial charge in [-0.3, -0.25) is 14.2 Å². The Bertz CT molecular complexity index is 1730. The molecule has 0 aliphatic carbocycles. The van der Waals surface area contributed by atoms with Crippen molar-refractivity contribution < 1.29 is 23.0 Å². The van der Waals surface area contributed by atoms with Gasteiger partial charge in [-0.15, -0.1) is 0 Å². The average Bonchev–Trinajstić information content (AvgIpc) is 3.23. The minimum atomic E-state index is -2.92. The summed E-state index contributed by atoms with van der Waals surface area (Å²) < 4.78 is 36.7. The van der Waals surface area contributed by atoms with Gasteiger partial charge in [-0.25, -0.2) is 4.99 Å². The topological polar surface area (TPSA) is 81.9 Å². The number of alkyl halides is 2. The zero-order chi connectivity index (χ0) is 27.5. The van der Waals surface area contributed by atoms with Gasteiger partial charge in [-0.2, -0.15) is 8.78 Å². The van der Waals surface area contributed by atoms with E-state index < -0.39 is 12.7 Å². The van der Waals surface area contributed by atoms with Crippen LogP contribution >= 0.6 is 11.3 Å². The van der Waals surface area contributed by atoms with Crippen LogP contribution in [-0.4, -0.2) is 24.2 Å². The molecule has 1 atom stereocenters. The van der Waals surface area contributed by atoms with Crippen molar-refractivity contribution in [3.05, 3.63) is 121 Å². The Labute approximate surface area is 226 Å². The van der Waals surface area contributed by atoms with Crippen molar-refractivity contribution in [3.63, 3.8) is 0 Å². The number of allylic oxidation sites excluding steroid dienone is 1. The first-order chi connectivity index (χ1) is 18.8. The zero-order valence-electron chi connectivity index (χ0n) is 20.9. The van der Waals surface area contributed by atoms with Crippen molar-refractivity contribution in [2.24, 2.45) is 4.99 Å². The lowest BCUT2D eigenvalue weighted by Crippen LogP contribution is -2.40. The molecule has 3 aromatic carbocycles. The highest BCUT2D eigenvalue weighted by Gasteiger charge is 2.32. The number of hydrogen-bond acceptors (Lipinski definition) is 6. The van der Waals surface area contributed by atoms with E-state index in [1.807, 2.05) is 24.3 Å². The second kappa shape index (κ2) is 11.0. The van der Waals surface area contributed by atoms with Gasteiger partial charge in [0.05, 0.1) is 29.0 Å². The third-order valence-corrected chi connectivity index (χ3v) is 7.09. The maximum atomic E-state index is 13.8. The second-order valence-corrected chi connectivity index (χ2v) is 9.64. The first kappa shape index (κ1) is 26.1. The molecule has 7 nitrogen and oxygen atoms in total. The summed E-state index contributed by atoms with van der Waals surface area (Å²) in [6.07, 6.45) is 1.65. The van der Waals surface area contributed by atoms with Gasteiger partial charge in [0.25, 0.3) is 11.5 Å². The van der Waals surface area contributed by atoms with Crippen LogP contribution in [0.5, 0.6) is 11.5 Å². The van der Waals surface area contributed by atoms with Gasteiger partial charge >= 0.3 is 6.61 Å². The van der Waals surface area contributed by atoms with Gasteiger partial charge in [0.15, 0.2) is 4.80 Å². The Kier molecular flexibility index (Phi) is 7.38. The largest absolute Gasteiger partial charge is 0.497 e. The number of anilines is 1. The number of rotatable bonds is 7. The number of hydrogen-bond donors (Lipinski definition) is 1. The van der Waals surface area contributed by atoms with E-state index in [1.165, 1.54) is 28.0 Å². The fourth-order valence-electron chi connectivity index (χ4n) is 4.36. The van der Waals surface area contributed by atoms with E-state index in [2.05, 4.69) is 15.0 Å². The van der Waals surface area contributed by atoms with Gasteiger partial charge in [-0.05, 0) is 60.5 Å². The van der Waals surface area contributed by atoms with Crippen LogP contribution in [0.25, 0.3) is 6.08 Å². The molecule has 0 saturated heterocycles. The first-order valence-electron chi connectivity index (χ1n) is 11.9. The van der Waals surface area contributed by atoms with Crippen molar-refractivity contribution in [2.45, 2.75) is 19.6 Å². The van der Waals surface area contributed by atoms with Crippen LogP contribution in [0.1, 0.15) is 24.1 Å². The summed E-state index contributed by atoms with van der Waals surface area (Å²) in [5.74, 6) is 0.226. The van der Waals surface area contributed by atoms with Gasteiger partial charge in [-0.1, -0.05) is 53.8 Å². The summed E-state index contributed by atoms with van der Waals surface area (Å²) in [7, 11) is 1.55. The van der Waals surface area contributed by atoms with Crippen LogP contribution in [0.4, 0.5) is 14.5 Å². The Morgan fingerprint density at radius 2 is 1.79 bits per heavy atom. The molecule has 4 aromatic rings. The molecule has 198 valence electrons. The SMILES string of the molecule is COc1cccc([C@@H]2C(C(=O)Nc3ccccc3)=C(C)N=c3s/c(=C/c4ccc(OC(F)F)cc4)c(=O)n32)c1. The van der Waals surface area contributed by atoms with E-state index in [9.17, 15) is 18.4 Å². The molecule has 0 spiro atoms. The lowest BCUT2D eigenvalue weighted by atomic mass is 9.95. The van der Waals surface area contributed by atoms with Gasteiger partial charge < -0.3 is 14.8 Å². The number of ether oxygens (including phenoxy) is 2. The number of para-hydroxylation sites is 1. The number of carbonyl (C=O) groups excluding carboxylic acids is 1. The van der Waals surface area contributed by atoms with Crippen molar-refractivity contribution >= 4 is 29.0 Å². The van der Waals surface area contributed by atoms with Crippen molar-refractivity contribution in [3.8, 4) is 11.5 Å². The Morgan fingerprint density at radius 1 is 1.05 bits per heavy atom. The number of fused-ring (bicyclic) bond motifs is 1. The van der Waals surface area contributed by atoms with E-state index in [1.54, 1.807) is 62.6 Å². The van der Waals surface area contributed by atoms with Gasteiger partial charge in [0.1, 0.15) is 11.5 Å². The number of methoxy groups -OCH3 is 1. The summed E-state index contributed by atoms with van der Waals surface area (Å²) in [5, 5.41) is 2.91. The molecule has 0 unspecified atom stereocenters. The van der Waals surface area contributed by atoms with Crippen molar-refractivity contribution in [1.29, 1.82) is 0 Å². The lowest BCUT2D eigenvalue weighted by Gasteiger charge is -2.25. The van der Waals surface area contributed by atoms with Gasteiger partial charge in [0, 0.05) is 5.69 Å². The number of nitrogens with zero attached hydrogens (tertiary/aromatic N) is 2. The summed E-state index contributed by atoms with van der Waals surface area (Å²) in [5.41, 5.74) is 2.40. The van der Waals surface area contributed by atoms with E-state index in [0.29, 0.717) is 43.2 Å². The maximum absolute atomic E-state index is 13.8. The highest BCUT2D eigenvalue weighted by molar-refractivity contribution is 7.07. The van der Waals surface area contributed by atoms with E-state index in [-0.39, 0.29) is 17.2 Å². The number of amides is 1. The fraction of sp³-hybridized carbons (Fsp3) is 0.138. The predicted molar refractivity (Wildman–Crippen MR) is 145 cm³/mol. The number of aromatic nitrogens is 1. The second-order valence-electron chi connectivity index (χ2n) is 8.63. The Morgan fingerprint density at radius 3 is 2.49 bits per heavy atom. The first-order valence-corrected chi connectivity index (χ1v) is 12.7. The fourth-order valence-corrected chi connectivity index (χ4v) is 5.40. The van der Waals surface area contributed by atoms with Crippen LogP contribution in [0.2, 0.25) is 0 Å². The molecule has 0 radical (unpaired) electrons. The predicted octanol–water partition coefficient (Wildman–Crippen LogP) is 4.48. The van der Waals surface area contributed by atoms with E-state index in [4.69, 9.17) is 4.74 Å². The molecule has 1 aromatic heterocycles. The molecule has 2 heterocycles. The van der Waals surface area contributed by atoms with Crippen LogP contribution < -0.4 is 29.7 Å². The van der Waals surface area contributed by atoms with E-state index in [0.717, 1.165) is 0 Å². The molecule has 39 heavy (non-hydrogen) atoms. The van der Waals surface area contributed by atoms with Crippen LogP contribution in [0, 0.1) is 0 Å². The molecule has 0 bridgehead atoms. The summed E-state index contributed by atoms with van der Waals surface area (Å²) >= 11 is 1.18. The van der Waals surface area contributed by atoms with Crippen LogP contribution in [-0.2, 0) is 4.79 Å². The van der Waals surface area contributed by atoms with E-state index >= 15 is 0 Å². The minimum Gasteiger partial charge on any atom is -0.497 e. The Hall–Kier alpha value is -4.57. The number of thiazole rings is 1. The van der Waals surface area contributed by atoms with Crippen LogP contribution in [0.3, 0.4) is 0 Å². The zero-order valence-corrected chi connectivity index (χ0v) is 21.7. The third kappa shape index (κ3) is 5.51. The van der Waals surface area contributed by atoms with Crippen LogP contribution in [0.15, 0.2) is 99.9 Å². The molecule has 1 N–H and O–H groups in total. The smallest absolute Gasteiger partial charge is 0.387 e. The standard InChI is InChI=1S/C29H23F2N3O4S/c1-17-24(26(35)33-20-8-4-3-5-9-20)25(19-7-6-10-22(16-19)37-2)34-27(36)23(39-29(34)32-17)15-18-11-13-21(14-12-18)38-28(30)31/h3-16,25,28H,1-2H3,(H,33,35)/b23-15+/t25-/m1/s1. The highest BCUT2D eigenvalue weighted by Crippen LogP contribution is 2.32. The summed E-state index contributed by atoms with van der Waals surface area (Å²) in [4.78, 5) is 32.4.